The van der Waals surface area contributed by atoms with Crippen LogP contribution in [-0.4, -0.2) is 85.4 Å². The van der Waals surface area contributed by atoms with Crippen molar-refractivity contribution in [1.29, 1.82) is 0 Å². The Hall–Kier alpha value is -4.66. The minimum absolute atomic E-state index is 0.158. The van der Waals surface area contributed by atoms with Crippen molar-refractivity contribution < 1.29 is 28.5 Å². The zero-order valence-electron chi connectivity index (χ0n) is 34.4. The minimum atomic E-state index is -0.912. The molecule has 6 unspecified atom stereocenters. The molecule has 8 heteroatoms. The van der Waals surface area contributed by atoms with E-state index in [9.17, 15) is 9.59 Å². The highest BCUT2D eigenvalue weighted by Crippen LogP contribution is 2.56. The predicted molar refractivity (Wildman–Crippen MR) is 226 cm³/mol. The first-order valence-electron chi connectivity index (χ1n) is 21.7. The van der Waals surface area contributed by atoms with Gasteiger partial charge in [-0.05, 0) is 115 Å². The molecule has 2 aliphatic carbocycles. The van der Waals surface area contributed by atoms with Crippen molar-refractivity contribution in [3.8, 4) is 11.5 Å². The first kappa shape index (κ1) is 40.1. The molecular weight excluding hydrogens is 725 g/mol. The second kappa shape index (κ2) is 18.1. The molecule has 4 aromatic carbocycles. The molecule has 6 atom stereocenters. The Morgan fingerprint density at radius 2 is 0.966 bits per heavy atom. The van der Waals surface area contributed by atoms with Crippen LogP contribution < -0.4 is 9.47 Å². The molecule has 8 rings (SSSR count). The van der Waals surface area contributed by atoms with Crippen LogP contribution in [0.4, 0.5) is 0 Å². The number of para-hydroxylation sites is 2. The number of aryl methyl sites for hydroxylation is 2. The Balaban J connectivity index is 0.908. The number of rotatable bonds is 16. The molecule has 0 N–H and O–H groups in total. The van der Waals surface area contributed by atoms with Gasteiger partial charge in [-0.1, -0.05) is 97.1 Å². The number of carbonyl (C=O) groups excluding carboxylic acids is 2. The van der Waals surface area contributed by atoms with Crippen LogP contribution in [0, 0.1) is 0 Å². The summed E-state index contributed by atoms with van der Waals surface area (Å²) in [7, 11) is 4.35. The van der Waals surface area contributed by atoms with E-state index < -0.39 is 35.3 Å². The van der Waals surface area contributed by atoms with E-state index in [-0.39, 0.29) is 11.8 Å². The fourth-order valence-electron chi connectivity index (χ4n) is 10.5. The first-order chi connectivity index (χ1) is 28.3. The molecule has 0 bridgehead atoms. The van der Waals surface area contributed by atoms with E-state index in [1.165, 1.54) is 11.1 Å². The van der Waals surface area contributed by atoms with Crippen molar-refractivity contribution in [3.05, 3.63) is 131 Å². The van der Waals surface area contributed by atoms with Crippen molar-refractivity contribution in [2.75, 3.05) is 40.3 Å². The Bertz CT molecular complexity index is 1850. The van der Waals surface area contributed by atoms with Gasteiger partial charge >= 0.3 is 11.9 Å². The summed E-state index contributed by atoms with van der Waals surface area (Å²) < 4.78 is 26.1. The Morgan fingerprint density at radius 3 is 1.40 bits per heavy atom. The van der Waals surface area contributed by atoms with Gasteiger partial charge in [-0.25, -0.2) is 9.59 Å². The smallest absolute Gasteiger partial charge is 0.417 e. The SMILES string of the molecule is CN(CCCc1ccccc1)CCC12CCCC(OC(=O)C(=O)OC3CCCC4(CCN(C)CCCc5ccccc5)Oc5ccccc5C34)C1c1ccccc1O2. The van der Waals surface area contributed by atoms with E-state index in [2.05, 4.69) is 96.7 Å². The monoisotopic (exact) mass is 784 g/mol. The number of nitrogens with zero attached hydrogens (tertiary/aromatic N) is 2. The second-order valence-electron chi connectivity index (χ2n) is 17.3. The standard InChI is InChI=1S/C50H60N2O6/c1-51(33-15-21-37-17-5-3-6-18-37)35-31-49-29-13-27-43(45(49)39-23-9-11-25-41(39)57-49)55-47(53)48(54)56-44-28-14-30-50(46(44)40-24-10-12-26-42(40)58-50)32-36-52(2)34-16-22-38-19-7-4-8-20-38/h3-12,17-20,23-26,43-46H,13-16,21-22,27-36H2,1-2H3. The largest absolute Gasteiger partial charge is 0.486 e. The van der Waals surface area contributed by atoms with Gasteiger partial charge in [0.05, 0.1) is 11.8 Å². The topological polar surface area (TPSA) is 77.5 Å². The molecule has 2 fully saturated rings. The molecule has 4 aliphatic rings. The Kier molecular flexibility index (Phi) is 12.5. The molecular formula is C50H60N2O6. The summed E-state index contributed by atoms with van der Waals surface area (Å²) in [5.74, 6) is -0.437. The number of fused-ring (bicyclic) bond motifs is 6. The van der Waals surface area contributed by atoms with Crippen LogP contribution in [0.15, 0.2) is 109 Å². The molecule has 58 heavy (non-hydrogen) atoms. The highest BCUT2D eigenvalue weighted by Gasteiger charge is 2.57. The zero-order chi connectivity index (χ0) is 40.0. The molecule has 8 nitrogen and oxygen atoms in total. The highest BCUT2D eigenvalue weighted by atomic mass is 16.6. The van der Waals surface area contributed by atoms with Crippen LogP contribution in [0.5, 0.6) is 11.5 Å². The maximum atomic E-state index is 13.8. The lowest BCUT2D eigenvalue weighted by Crippen LogP contribution is -2.51. The van der Waals surface area contributed by atoms with E-state index in [0.717, 1.165) is 113 Å². The molecule has 0 saturated heterocycles. The van der Waals surface area contributed by atoms with E-state index >= 15 is 0 Å². The number of hydrogen-bond donors (Lipinski definition) is 0. The van der Waals surface area contributed by atoms with Crippen LogP contribution in [0.25, 0.3) is 0 Å². The summed E-state index contributed by atoms with van der Waals surface area (Å²) in [5.41, 5.74) is 3.82. The minimum Gasteiger partial charge on any atom is -0.486 e. The molecule has 4 aromatic rings. The molecule has 2 heterocycles. The summed E-state index contributed by atoms with van der Waals surface area (Å²) in [4.78, 5) is 32.5. The lowest BCUT2D eigenvalue weighted by molar-refractivity contribution is -0.181. The Morgan fingerprint density at radius 1 is 0.569 bits per heavy atom. The number of esters is 2. The number of ether oxygens (including phenoxy) is 4. The van der Waals surface area contributed by atoms with Crippen molar-refractivity contribution in [1.82, 2.24) is 9.80 Å². The van der Waals surface area contributed by atoms with Gasteiger partial charge in [-0.3, -0.25) is 0 Å². The van der Waals surface area contributed by atoms with Gasteiger partial charge in [0.15, 0.2) is 0 Å². The average molecular weight is 785 g/mol. The molecule has 0 spiro atoms. The molecule has 2 saturated carbocycles. The molecule has 0 radical (unpaired) electrons. The van der Waals surface area contributed by atoms with E-state index in [1.807, 2.05) is 36.4 Å². The lowest BCUT2D eigenvalue weighted by Gasteiger charge is -2.43. The molecule has 0 amide bonds. The Labute approximate surface area is 344 Å². The van der Waals surface area contributed by atoms with Crippen molar-refractivity contribution in [2.45, 2.75) is 112 Å². The first-order valence-corrected chi connectivity index (χ1v) is 21.7. The maximum absolute atomic E-state index is 13.8. The third kappa shape index (κ3) is 8.84. The number of benzene rings is 4. The van der Waals surface area contributed by atoms with Gasteiger partial charge < -0.3 is 28.7 Å². The van der Waals surface area contributed by atoms with Gasteiger partial charge in [0.25, 0.3) is 0 Å². The fraction of sp³-hybridized carbons (Fsp3) is 0.480. The molecule has 306 valence electrons. The predicted octanol–water partition coefficient (Wildman–Crippen LogP) is 8.92. The van der Waals surface area contributed by atoms with E-state index in [4.69, 9.17) is 18.9 Å². The zero-order valence-corrected chi connectivity index (χ0v) is 34.4. The molecule has 0 aromatic heterocycles. The van der Waals surface area contributed by atoms with Gasteiger partial charge in [0.1, 0.15) is 34.9 Å². The third-order valence-electron chi connectivity index (χ3n) is 13.4. The normalized spacial score (nSPS) is 25.5. The van der Waals surface area contributed by atoms with Crippen LogP contribution in [0.1, 0.15) is 98.3 Å². The summed E-state index contributed by atoms with van der Waals surface area (Å²) >= 11 is 0. The van der Waals surface area contributed by atoms with Crippen LogP contribution >= 0.6 is 0 Å². The summed E-state index contributed by atoms with van der Waals surface area (Å²) in [5, 5.41) is 0. The maximum Gasteiger partial charge on any atom is 0.417 e. The van der Waals surface area contributed by atoms with Gasteiger partial charge in [-0.15, -0.1) is 0 Å². The van der Waals surface area contributed by atoms with Crippen molar-refractivity contribution in [3.63, 3.8) is 0 Å². The summed E-state index contributed by atoms with van der Waals surface area (Å²) in [6.45, 7) is 3.69. The van der Waals surface area contributed by atoms with Crippen molar-refractivity contribution >= 4 is 11.9 Å². The van der Waals surface area contributed by atoms with Crippen LogP contribution in [-0.2, 0) is 31.9 Å². The third-order valence-corrected chi connectivity index (χ3v) is 13.4. The molecule has 2 aliphatic heterocycles. The van der Waals surface area contributed by atoms with Gasteiger partial charge in [0, 0.05) is 37.1 Å². The highest BCUT2D eigenvalue weighted by molar-refractivity contribution is 6.29. The van der Waals surface area contributed by atoms with Gasteiger partial charge in [0.2, 0.25) is 0 Å². The average Bonchev–Trinajstić information content (AvgIpc) is 3.77. The van der Waals surface area contributed by atoms with E-state index in [1.54, 1.807) is 0 Å². The second-order valence-corrected chi connectivity index (χ2v) is 17.3. The fourth-order valence-corrected chi connectivity index (χ4v) is 10.5. The van der Waals surface area contributed by atoms with Crippen molar-refractivity contribution in [2.24, 2.45) is 0 Å². The number of carbonyl (C=O) groups is 2. The van der Waals surface area contributed by atoms with Crippen LogP contribution in [0.3, 0.4) is 0 Å². The summed E-state index contributed by atoms with van der Waals surface area (Å²) in [6.07, 6.45) is 9.66. The van der Waals surface area contributed by atoms with Gasteiger partial charge in [-0.2, -0.15) is 0 Å². The summed E-state index contributed by atoms with van der Waals surface area (Å²) in [6, 6.07) is 37.5. The quantitative estimate of drug-likeness (QED) is 0.0824. The lowest BCUT2D eigenvalue weighted by atomic mass is 9.70. The van der Waals surface area contributed by atoms with E-state index in [0.29, 0.717) is 12.8 Å². The number of hydrogen-bond acceptors (Lipinski definition) is 8. The van der Waals surface area contributed by atoms with Crippen LogP contribution in [0.2, 0.25) is 0 Å².